The van der Waals surface area contributed by atoms with E-state index < -0.39 is 0 Å². The molecule has 1 N–H and O–H groups in total. The summed E-state index contributed by atoms with van der Waals surface area (Å²) in [7, 11) is 0. The number of nitrogens with zero attached hydrogens (tertiary/aromatic N) is 1. The number of hydrogen-bond donors (Lipinski definition) is 1. The fraction of sp³-hybridized carbons (Fsp3) is 0.438. The first-order valence-electron chi connectivity index (χ1n) is 6.85. The van der Waals surface area contributed by atoms with E-state index in [0.29, 0.717) is 11.5 Å². The Hall–Kier alpha value is -1.28. The number of hydrogen-bond acceptors (Lipinski definition) is 2. The number of halogens is 1. The molecule has 3 heteroatoms. The SMILES string of the molecule is CC1(C)CCC(Nc2ccc(Cl)c3cccnc23)C1. The molecule has 0 bridgehead atoms. The van der Waals surface area contributed by atoms with Gasteiger partial charge in [0, 0.05) is 17.6 Å². The Morgan fingerprint density at radius 3 is 2.89 bits per heavy atom. The number of benzene rings is 1. The van der Waals surface area contributed by atoms with Gasteiger partial charge in [-0.2, -0.15) is 0 Å². The number of anilines is 1. The molecular weight excluding hydrogens is 256 g/mol. The van der Waals surface area contributed by atoms with Crippen LogP contribution in [0.15, 0.2) is 30.5 Å². The van der Waals surface area contributed by atoms with Crippen molar-refractivity contribution in [3.63, 3.8) is 0 Å². The van der Waals surface area contributed by atoms with Crippen LogP contribution in [0.4, 0.5) is 5.69 Å². The van der Waals surface area contributed by atoms with E-state index in [4.69, 9.17) is 11.6 Å². The maximum Gasteiger partial charge on any atom is 0.0948 e. The van der Waals surface area contributed by atoms with Gasteiger partial charge in [-0.1, -0.05) is 25.4 Å². The lowest BCUT2D eigenvalue weighted by Gasteiger charge is -2.19. The van der Waals surface area contributed by atoms with Crippen LogP contribution in [0.3, 0.4) is 0 Å². The van der Waals surface area contributed by atoms with Crippen molar-refractivity contribution >= 4 is 28.2 Å². The molecule has 0 radical (unpaired) electrons. The molecule has 2 nitrogen and oxygen atoms in total. The lowest BCUT2D eigenvalue weighted by atomic mass is 9.92. The highest BCUT2D eigenvalue weighted by molar-refractivity contribution is 6.35. The molecular formula is C16H19ClN2. The van der Waals surface area contributed by atoms with Gasteiger partial charge in [-0.05, 0) is 48.9 Å². The highest BCUT2D eigenvalue weighted by atomic mass is 35.5. The van der Waals surface area contributed by atoms with Crippen LogP contribution in [0.25, 0.3) is 10.9 Å². The second kappa shape index (κ2) is 4.68. The number of nitrogens with one attached hydrogen (secondary N) is 1. The quantitative estimate of drug-likeness (QED) is 0.844. The molecule has 0 saturated heterocycles. The summed E-state index contributed by atoms with van der Waals surface area (Å²) in [5.41, 5.74) is 2.52. The number of rotatable bonds is 2. The van der Waals surface area contributed by atoms with Crippen molar-refractivity contribution in [2.75, 3.05) is 5.32 Å². The average molecular weight is 275 g/mol. The first-order valence-corrected chi connectivity index (χ1v) is 7.23. The molecule has 0 aliphatic heterocycles. The topological polar surface area (TPSA) is 24.9 Å². The van der Waals surface area contributed by atoms with Gasteiger partial charge in [0.2, 0.25) is 0 Å². The molecule has 1 aliphatic rings. The summed E-state index contributed by atoms with van der Waals surface area (Å²) >= 11 is 6.22. The third-order valence-electron chi connectivity index (χ3n) is 4.04. The van der Waals surface area contributed by atoms with Gasteiger partial charge >= 0.3 is 0 Å². The molecule has 0 spiro atoms. The maximum absolute atomic E-state index is 6.22. The zero-order chi connectivity index (χ0) is 13.5. The monoisotopic (exact) mass is 274 g/mol. The Morgan fingerprint density at radius 1 is 1.32 bits per heavy atom. The summed E-state index contributed by atoms with van der Waals surface area (Å²) in [5.74, 6) is 0. The Morgan fingerprint density at radius 2 is 2.16 bits per heavy atom. The first-order chi connectivity index (χ1) is 9.05. The minimum atomic E-state index is 0.452. The average Bonchev–Trinajstić information content (AvgIpc) is 2.73. The molecule has 0 amide bonds. The van der Waals surface area contributed by atoms with Crippen LogP contribution in [0.2, 0.25) is 5.02 Å². The van der Waals surface area contributed by atoms with E-state index in [0.717, 1.165) is 21.6 Å². The normalized spacial score (nSPS) is 21.7. The number of pyridine rings is 1. The molecule has 1 aliphatic carbocycles. The van der Waals surface area contributed by atoms with Crippen molar-refractivity contribution in [1.82, 2.24) is 4.98 Å². The van der Waals surface area contributed by atoms with E-state index in [9.17, 15) is 0 Å². The Labute approximate surface area is 119 Å². The fourth-order valence-corrected chi connectivity index (χ4v) is 3.25. The zero-order valence-electron chi connectivity index (χ0n) is 11.4. The Kier molecular flexibility index (Phi) is 3.14. The van der Waals surface area contributed by atoms with Crippen LogP contribution in [0.1, 0.15) is 33.1 Å². The van der Waals surface area contributed by atoms with Crippen molar-refractivity contribution in [2.24, 2.45) is 5.41 Å². The molecule has 2 aromatic rings. The Bertz CT molecular complexity index is 607. The largest absolute Gasteiger partial charge is 0.381 e. The van der Waals surface area contributed by atoms with E-state index in [2.05, 4.69) is 24.1 Å². The molecule has 100 valence electrons. The first kappa shape index (κ1) is 12.7. The molecule has 1 unspecified atom stereocenters. The third kappa shape index (κ3) is 2.55. The third-order valence-corrected chi connectivity index (χ3v) is 4.37. The standard InChI is InChI=1S/C16H19ClN2/c1-16(2)8-7-11(10-16)19-14-6-5-13(17)12-4-3-9-18-15(12)14/h3-6,9,11,19H,7-8,10H2,1-2H3. The molecule has 1 fully saturated rings. The molecule has 1 aromatic carbocycles. The fourth-order valence-electron chi connectivity index (χ4n) is 3.03. The highest BCUT2D eigenvalue weighted by Crippen LogP contribution is 2.39. The lowest BCUT2D eigenvalue weighted by Crippen LogP contribution is -2.17. The van der Waals surface area contributed by atoms with E-state index in [1.165, 1.54) is 19.3 Å². The van der Waals surface area contributed by atoms with Gasteiger partial charge in [-0.3, -0.25) is 4.98 Å². The molecule has 3 rings (SSSR count). The summed E-state index contributed by atoms with van der Waals surface area (Å²) < 4.78 is 0. The number of aromatic nitrogens is 1. The van der Waals surface area contributed by atoms with E-state index >= 15 is 0 Å². The summed E-state index contributed by atoms with van der Waals surface area (Å²) in [6.45, 7) is 4.68. The van der Waals surface area contributed by atoms with Crippen molar-refractivity contribution in [1.29, 1.82) is 0 Å². The molecule has 1 saturated carbocycles. The maximum atomic E-state index is 6.22. The second-order valence-corrected chi connectivity index (χ2v) is 6.65. The lowest BCUT2D eigenvalue weighted by molar-refractivity contribution is 0.378. The van der Waals surface area contributed by atoms with Gasteiger partial charge in [0.15, 0.2) is 0 Å². The molecule has 1 heterocycles. The number of fused-ring (bicyclic) bond motifs is 1. The van der Waals surface area contributed by atoms with E-state index in [-0.39, 0.29) is 0 Å². The second-order valence-electron chi connectivity index (χ2n) is 6.24. The van der Waals surface area contributed by atoms with Gasteiger partial charge in [-0.15, -0.1) is 0 Å². The van der Waals surface area contributed by atoms with Crippen LogP contribution in [0, 0.1) is 5.41 Å². The van der Waals surface area contributed by atoms with Crippen molar-refractivity contribution in [3.05, 3.63) is 35.5 Å². The summed E-state index contributed by atoms with van der Waals surface area (Å²) in [4.78, 5) is 4.47. The van der Waals surface area contributed by atoms with Gasteiger partial charge in [-0.25, -0.2) is 0 Å². The molecule has 1 aromatic heterocycles. The van der Waals surface area contributed by atoms with Gasteiger partial charge in [0.25, 0.3) is 0 Å². The molecule has 19 heavy (non-hydrogen) atoms. The minimum Gasteiger partial charge on any atom is -0.381 e. The van der Waals surface area contributed by atoms with Gasteiger partial charge in [0.1, 0.15) is 0 Å². The zero-order valence-corrected chi connectivity index (χ0v) is 12.2. The minimum absolute atomic E-state index is 0.452. The summed E-state index contributed by atoms with van der Waals surface area (Å²) in [6.07, 6.45) is 5.54. The van der Waals surface area contributed by atoms with E-state index in [1.54, 1.807) is 0 Å². The smallest absolute Gasteiger partial charge is 0.0948 e. The van der Waals surface area contributed by atoms with Crippen LogP contribution in [-0.4, -0.2) is 11.0 Å². The van der Waals surface area contributed by atoms with Crippen molar-refractivity contribution < 1.29 is 0 Å². The predicted molar refractivity (Wildman–Crippen MR) is 81.8 cm³/mol. The van der Waals surface area contributed by atoms with Crippen LogP contribution < -0.4 is 5.32 Å². The predicted octanol–water partition coefficient (Wildman–Crippen LogP) is 4.88. The van der Waals surface area contributed by atoms with Crippen LogP contribution in [-0.2, 0) is 0 Å². The summed E-state index contributed by atoms with van der Waals surface area (Å²) in [5, 5.41) is 5.43. The van der Waals surface area contributed by atoms with Crippen molar-refractivity contribution in [3.8, 4) is 0 Å². The molecule has 1 atom stereocenters. The summed E-state index contributed by atoms with van der Waals surface area (Å²) in [6, 6.07) is 8.49. The van der Waals surface area contributed by atoms with Gasteiger partial charge < -0.3 is 5.32 Å². The van der Waals surface area contributed by atoms with Crippen molar-refractivity contribution in [2.45, 2.75) is 39.2 Å². The van der Waals surface area contributed by atoms with Crippen LogP contribution in [0.5, 0.6) is 0 Å². The highest BCUT2D eigenvalue weighted by Gasteiger charge is 2.30. The van der Waals surface area contributed by atoms with Crippen LogP contribution >= 0.6 is 11.6 Å². The van der Waals surface area contributed by atoms with E-state index in [1.807, 2.05) is 30.5 Å². The Balaban J connectivity index is 1.92. The van der Waals surface area contributed by atoms with Gasteiger partial charge in [0.05, 0.1) is 16.2 Å².